The normalized spacial score (nSPS) is 28.3. The summed E-state index contributed by atoms with van der Waals surface area (Å²) in [5, 5.41) is 13.8. The summed E-state index contributed by atoms with van der Waals surface area (Å²) < 4.78 is 26.9. The molecule has 2 N–H and O–H groups in total. The summed E-state index contributed by atoms with van der Waals surface area (Å²) in [4.78, 5) is 0. The van der Waals surface area contributed by atoms with E-state index in [1.807, 2.05) is 6.92 Å². The van der Waals surface area contributed by atoms with E-state index in [0.29, 0.717) is 18.9 Å². The quantitative estimate of drug-likeness (QED) is 0.870. The summed E-state index contributed by atoms with van der Waals surface area (Å²) in [5.41, 5.74) is -1.13. The summed E-state index contributed by atoms with van der Waals surface area (Å²) in [6.07, 6.45) is 2.48. The van der Waals surface area contributed by atoms with Crippen molar-refractivity contribution in [2.24, 2.45) is 0 Å². The minimum Gasteiger partial charge on any atom is -0.385 e. The molecule has 100 valence electrons. The average molecular weight is 255 g/mol. The minimum atomic E-state index is -1.22. The standard InChI is InChI=1S/C14H19F2NO/c1-2-17-10-6-8-14(18,9-7-10)11-4-3-5-12(15)13(11)16/h3-5,10,17-18H,2,6-9H2,1H3. The molecule has 0 radical (unpaired) electrons. The Morgan fingerprint density at radius 1 is 1.33 bits per heavy atom. The van der Waals surface area contributed by atoms with Crippen LogP contribution in [0.3, 0.4) is 0 Å². The van der Waals surface area contributed by atoms with E-state index < -0.39 is 17.2 Å². The fourth-order valence-electron chi connectivity index (χ4n) is 2.72. The van der Waals surface area contributed by atoms with E-state index >= 15 is 0 Å². The highest BCUT2D eigenvalue weighted by Crippen LogP contribution is 2.38. The molecular formula is C14H19F2NO. The van der Waals surface area contributed by atoms with Crippen LogP contribution in [0, 0.1) is 11.6 Å². The van der Waals surface area contributed by atoms with Gasteiger partial charge in [0.05, 0.1) is 5.60 Å². The van der Waals surface area contributed by atoms with Gasteiger partial charge < -0.3 is 10.4 Å². The van der Waals surface area contributed by atoms with Crippen molar-refractivity contribution in [3.05, 3.63) is 35.4 Å². The van der Waals surface area contributed by atoms with E-state index in [9.17, 15) is 13.9 Å². The van der Waals surface area contributed by atoms with Gasteiger partial charge in [-0.25, -0.2) is 8.78 Å². The van der Waals surface area contributed by atoms with Crippen LogP contribution in [-0.4, -0.2) is 17.7 Å². The highest BCUT2D eigenvalue weighted by Gasteiger charge is 2.37. The Balaban J connectivity index is 2.16. The smallest absolute Gasteiger partial charge is 0.164 e. The van der Waals surface area contributed by atoms with E-state index in [0.717, 1.165) is 25.5 Å². The fourth-order valence-corrected chi connectivity index (χ4v) is 2.72. The molecule has 1 aliphatic rings. The topological polar surface area (TPSA) is 32.3 Å². The van der Waals surface area contributed by atoms with Crippen molar-refractivity contribution in [3.8, 4) is 0 Å². The SMILES string of the molecule is CCNC1CCC(O)(c2cccc(F)c2F)CC1. The van der Waals surface area contributed by atoms with Crippen LogP contribution in [0.15, 0.2) is 18.2 Å². The maximum Gasteiger partial charge on any atom is 0.164 e. The van der Waals surface area contributed by atoms with Crippen LogP contribution in [0.1, 0.15) is 38.2 Å². The second kappa shape index (κ2) is 5.33. The molecule has 2 nitrogen and oxygen atoms in total. The molecule has 18 heavy (non-hydrogen) atoms. The number of nitrogens with one attached hydrogen (secondary N) is 1. The van der Waals surface area contributed by atoms with E-state index in [-0.39, 0.29) is 5.56 Å². The molecule has 0 unspecified atom stereocenters. The van der Waals surface area contributed by atoms with Crippen molar-refractivity contribution in [1.82, 2.24) is 5.32 Å². The van der Waals surface area contributed by atoms with Crippen molar-refractivity contribution in [2.45, 2.75) is 44.2 Å². The second-order valence-corrected chi connectivity index (χ2v) is 4.96. The molecule has 0 aliphatic heterocycles. The Kier molecular flexibility index (Phi) is 3.97. The molecule has 1 fully saturated rings. The molecule has 0 spiro atoms. The number of rotatable bonds is 3. The Bertz CT molecular complexity index is 414. The first-order chi connectivity index (χ1) is 8.57. The number of benzene rings is 1. The monoisotopic (exact) mass is 255 g/mol. The molecule has 4 heteroatoms. The average Bonchev–Trinajstić information content (AvgIpc) is 2.36. The molecule has 1 aromatic rings. The third-order valence-corrected chi connectivity index (χ3v) is 3.76. The van der Waals surface area contributed by atoms with Crippen LogP contribution in [-0.2, 0) is 5.60 Å². The largest absolute Gasteiger partial charge is 0.385 e. The predicted octanol–water partition coefficient (Wildman–Crippen LogP) is 2.70. The molecule has 0 heterocycles. The van der Waals surface area contributed by atoms with Gasteiger partial charge in [-0.3, -0.25) is 0 Å². The Morgan fingerprint density at radius 2 is 2.00 bits per heavy atom. The van der Waals surface area contributed by atoms with Crippen LogP contribution in [0.2, 0.25) is 0 Å². The zero-order valence-corrected chi connectivity index (χ0v) is 10.5. The molecule has 2 rings (SSSR count). The summed E-state index contributed by atoms with van der Waals surface area (Å²) in [7, 11) is 0. The van der Waals surface area contributed by atoms with Gasteiger partial charge in [0.2, 0.25) is 0 Å². The second-order valence-electron chi connectivity index (χ2n) is 4.96. The van der Waals surface area contributed by atoms with Gasteiger partial charge in [0.25, 0.3) is 0 Å². The van der Waals surface area contributed by atoms with E-state index in [1.165, 1.54) is 12.1 Å². The van der Waals surface area contributed by atoms with Crippen LogP contribution in [0.5, 0.6) is 0 Å². The molecule has 0 atom stereocenters. The van der Waals surface area contributed by atoms with Crippen molar-refractivity contribution in [1.29, 1.82) is 0 Å². The fraction of sp³-hybridized carbons (Fsp3) is 0.571. The Labute approximate surface area is 106 Å². The minimum absolute atomic E-state index is 0.0949. The van der Waals surface area contributed by atoms with Gasteiger partial charge in [0, 0.05) is 11.6 Å². The number of halogens is 2. The maximum absolute atomic E-state index is 13.7. The number of aliphatic hydroxyl groups is 1. The van der Waals surface area contributed by atoms with Crippen LogP contribution in [0.25, 0.3) is 0 Å². The zero-order chi connectivity index (χ0) is 13.2. The van der Waals surface area contributed by atoms with Gasteiger partial charge in [0.1, 0.15) is 0 Å². The van der Waals surface area contributed by atoms with Crippen LogP contribution in [0.4, 0.5) is 8.78 Å². The van der Waals surface area contributed by atoms with Crippen molar-refractivity contribution in [3.63, 3.8) is 0 Å². The van der Waals surface area contributed by atoms with Crippen molar-refractivity contribution < 1.29 is 13.9 Å². The highest BCUT2D eigenvalue weighted by atomic mass is 19.2. The first kappa shape index (κ1) is 13.4. The summed E-state index contributed by atoms with van der Waals surface area (Å²) in [6.45, 7) is 2.92. The Hall–Kier alpha value is -1.00. The lowest BCUT2D eigenvalue weighted by Crippen LogP contribution is -2.40. The maximum atomic E-state index is 13.7. The van der Waals surface area contributed by atoms with E-state index in [2.05, 4.69) is 5.32 Å². The summed E-state index contributed by atoms with van der Waals surface area (Å²) in [5.74, 6) is -1.81. The molecule has 1 saturated carbocycles. The third-order valence-electron chi connectivity index (χ3n) is 3.76. The van der Waals surface area contributed by atoms with Gasteiger partial charge >= 0.3 is 0 Å². The lowest BCUT2D eigenvalue weighted by molar-refractivity contribution is -0.0116. The number of hydrogen-bond donors (Lipinski definition) is 2. The van der Waals surface area contributed by atoms with Gasteiger partial charge in [0.15, 0.2) is 11.6 Å². The molecule has 0 bridgehead atoms. The molecule has 0 saturated heterocycles. The molecule has 0 amide bonds. The highest BCUT2D eigenvalue weighted by molar-refractivity contribution is 5.26. The summed E-state index contributed by atoms with van der Waals surface area (Å²) >= 11 is 0. The first-order valence-corrected chi connectivity index (χ1v) is 6.47. The van der Waals surface area contributed by atoms with Crippen molar-refractivity contribution >= 4 is 0 Å². The van der Waals surface area contributed by atoms with E-state index in [1.54, 1.807) is 0 Å². The molecule has 1 aliphatic carbocycles. The van der Waals surface area contributed by atoms with Gasteiger partial charge in [-0.05, 0) is 38.3 Å². The lowest BCUT2D eigenvalue weighted by Gasteiger charge is -2.36. The molecule has 1 aromatic carbocycles. The molecule has 0 aromatic heterocycles. The third kappa shape index (κ3) is 2.54. The van der Waals surface area contributed by atoms with E-state index in [4.69, 9.17) is 0 Å². The van der Waals surface area contributed by atoms with Gasteiger partial charge in [-0.15, -0.1) is 0 Å². The lowest BCUT2D eigenvalue weighted by atomic mass is 9.77. The Morgan fingerprint density at radius 3 is 2.61 bits per heavy atom. The zero-order valence-electron chi connectivity index (χ0n) is 10.5. The first-order valence-electron chi connectivity index (χ1n) is 6.47. The van der Waals surface area contributed by atoms with Gasteiger partial charge in [-0.2, -0.15) is 0 Å². The molecular weight excluding hydrogens is 236 g/mol. The van der Waals surface area contributed by atoms with Crippen LogP contribution < -0.4 is 5.32 Å². The van der Waals surface area contributed by atoms with Gasteiger partial charge in [-0.1, -0.05) is 19.1 Å². The van der Waals surface area contributed by atoms with Crippen molar-refractivity contribution in [2.75, 3.05) is 6.54 Å². The van der Waals surface area contributed by atoms with Crippen LogP contribution >= 0.6 is 0 Å². The predicted molar refractivity (Wildman–Crippen MR) is 66.2 cm³/mol. The number of hydrogen-bond acceptors (Lipinski definition) is 2. The summed E-state index contributed by atoms with van der Waals surface area (Å²) in [6, 6.07) is 4.37.